The number of aromatic nitrogens is 2. The topological polar surface area (TPSA) is 116 Å². The second-order valence-electron chi connectivity index (χ2n) is 6.38. The van der Waals surface area contributed by atoms with Gasteiger partial charge in [0, 0.05) is 17.2 Å². The van der Waals surface area contributed by atoms with Gasteiger partial charge in [0.05, 0.1) is 47.5 Å². The van der Waals surface area contributed by atoms with Crippen molar-refractivity contribution >= 4 is 12.1 Å². The summed E-state index contributed by atoms with van der Waals surface area (Å²) < 4.78 is 26.4. The van der Waals surface area contributed by atoms with Crippen molar-refractivity contribution in [1.82, 2.24) is 15.6 Å². The Hall–Kier alpha value is -4.21. The van der Waals surface area contributed by atoms with Crippen molar-refractivity contribution < 1.29 is 28.5 Å². The Morgan fingerprint density at radius 3 is 2.12 bits per heavy atom. The molecule has 0 radical (unpaired) electrons. The number of hydrogen-bond donors (Lipinski definition) is 2. The molecule has 0 bridgehead atoms. The maximum absolute atomic E-state index is 12.5. The molecular formula is C22H24N4O6. The van der Waals surface area contributed by atoms with E-state index in [1.807, 2.05) is 6.07 Å². The summed E-state index contributed by atoms with van der Waals surface area (Å²) in [5.41, 5.74) is 4.63. The van der Waals surface area contributed by atoms with E-state index in [0.717, 1.165) is 5.56 Å². The summed E-state index contributed by atoms with van der Waals surface area (Å²) in [6, 6.07) is 10.3. The lowest BCUT2D eigenvalue weighted by molar-refractivity contribution is 0.0950. The van der Waals surface area contributed by atoms with Crippen molar-refractivity contribution in [3.8, 4) is 40.0 Å². The molecule has 10 heteroatoms. The molecule has 10 nitrogen and oxygen atoms in total. The molecule has 32 heavy (non-hydrogen) atoms. The third-order valence-electron chi connectivity index (χ3n) is 4.61. The average Bonchev–Trinajstić information content (AvgIpc) is 3.33. The molecule has 0 unspecified atom stereocenters. The van der Waals surface area contributed by atoms with Crippen LogP contribution >= 0.6 is 0 Å². The highest BCUT2D eigenvalue weighted by Gasteiger charge is 2.14. The third-order valence-corrected chi connectivity index (χ3v) is 4.61. The van der Waals surface area contributed by atoms with Crippen LogP contribution in [-0.2, 0) is 0 Å². The lowest BCUT2D eigenvalue weighted by Gasteiger charge is -2.11. The number of hydrazone groups is 1. The van der Waals surface area contributed by atoms with E-state index in [0.29, 0.717) is 40.0 Å². The van der Waals surface area contributed by atoms with Crippen LogP contribution in [0.2, 0.25) is 0 Å². The van der Waals surface area contributed by atoms with Gasteiger partial charge in [0.2, 0.25) is 0 Å². The maximum Gasteiger partial charge on any atom is 0.289 e. The van der Waals surface area contributed by atoms with Gasteiger partial charge < -0.3 is 23.7 Å². The first-order valence-corrected chi connectivity index (χ1v) is 9.45. The van der Waals surface area contributed by atoms with E-state index in [-0.39, 0.29) is 5.69 Å². The molecule has 0 atom stereocenters. The van der Waals surface area contributed by atoms with E-state index in [1.165, 1.54) is 27.5 Å². The molecule has 3 rings (SSSR count). The van der Waals surface area contributed by atoms with E-state index in [2.05, 4.69) is 20.7 Å². The Labute approximate surface area is 185 Å². The van der Waals surface area contributed by atoms with Gasteiger partial charge in [-0.05, 0) is 30.3 Å². The molecule has 0 aliphatic rings. The SMILES string of the molecule is COc1cc(OC)c(OC)cc1C=NNC(=O)c1cc(-c2ccc(OC)c(OC)c2)n[nH]1. The van der Waals surface area contributed by atoms with Crippen molar-refractivity contribution in [2.75, 3.05) is 35.5 Å². The first-order valence-electron chi connectivity index (χ1n) is 9.45. The zero-order chi connectivity index (χ0) is 23.1. The molecule has 1 aromatic heterocycles. The number of nitrogens with zero attached hydrogens (tertiary/aromatic N) is 2. The Morgan fingerprint density at radius 2 is 1.47 bits per heavy atom. The van der Waals surface area contributed by atoms with Gasteiger partial charge in [0.15, 0.2) is 23.0 Å². The molecule has 0 aliphatic heterocycles. The monoisotopic (exact) mass is 440 g/mol. The number of carbonyl (C=O) groups excluding carboxylic acids is 1. The fourth-order valence-corrected chi connectivity index (χ4v) is 2.96. The van der Waals surface area contributed by atoms with E-state index < -0.39 is 5.91 Å². The van der Waals surface area contributed by atoms with Gasteiger partial charge in [-0.1, -0.05) is 0 Å². The highest BCUT2D eigenvalue weighted by atomic mass is 16.5. The lowest BCUT2D eigenvalue weighted by Crippen LogP contribution is -2.18. The number of methoxy groups -OCH3 is 5. The molecule has 0 aliphatic carbocycles. The van der Waals surface area contributed by atoms with Gasteiger partial charge in [-0.25, -0.2) is 5.43 Å². The smallest absolute Gasteiger partial charge is 0.289 e. The second kappa shape index (κ2) is 10.2. The molecule has 2 N–H and O–H groups in total. The van der Waals surface area contributed by atoms with Crippen LogP contribution in [0.15, 0.2) is 41.5 Å². The number of benzene rings is 2. The highest BCUT2D eigenvalue weighted by molar-refractivity contribution is 5.94. The van der Waals surface area contributed by atoms with Crippen molar-refractivity contribution in [2.24, 2.45) is 5.10 Å². The van der Waals surface area contributed by atoms with Crippen LogP contribution in [0.25, 0.3) is 11.3 Å². The minimum Gasteiger partial charge on any atom is -0.496 e. The molecule has 0 saturated heterocycles. The number of H-pyrrole nitrogens is 1. The predicted molar refractivity (Wildman–Crippen MR) is 118 cm³/mol. The van der Waals surface area contributed by atoms with Crippen LogP contribution in [-0.4, -0.2) is 57.9 Å². The van der Waals surface area contributed by atoms with Gasteiger partial charge in [-0.2, -0.15) is 10.2 Å². The third kappa shape index (κ3) is 4.75. The van der Waals surface area contributed by atoms with E-state index in [9.17, 15) is 4.79 Å². The number of carbonyl (C=O) groups is 1. The van der Waals surface area contributed by atoms with Gasteiger partial charge in [-0.3, -0.25) is 9.89 Å². The van der Waals surface area contributed by atoms with Crippen LogP contribution < -0.4 is 29.1 Å². The number of nitrogens with one attached hydrogen (secondary N) is 2. The number of rotatable bonds is 9. The average molecular weight is 440 g/mol. The molecular weight excluding hydrogens is 416 g/mol. The van der Waals surface area contributed by atoms with E-state index in [1.54, 1.807) is 44.6 Å². The predicted octanol–water partition coefficient (Wildman–Crippen LogP) is 2.88. The van der Waals surface area contributed by atoms with E-state index in [4.69, 9.17) is 23.7 Å². The summed E-state index contributed by atoms with van der Waals surface area (Å²) in [5.74, 6) is 2.25. The molecule has 0 fully saturated rings. The fraction of sp³-hybridized carbons (Fsp3) is 0.227. The Balaban J connectivity index is 1.74. The van der Waals surface area contributed by atoms with Gasteiger partial charge in [0.1, 0.15) is 11.4 Å². The lowest BCUT2D eigenvalue weighted by atomic mass is 10.1. The van der Waals surface area contributed by atoms with Crippen LogP contribution in [0.5, 0.6) is 28.7 Å². The molecule has 1 heterocycles. The number of aromatic amines is 1. The minimum absolute atomic E-state index is 0.242. The summed E-state index contributed by atoms with van der Waals surface area (Å²) in [4.78, 5) is 12.5. The number of ether oxygens (including phenoxy) is 5. The van der Waals surface area contributed by atoms with Crippen molar-refractivity contribution in [3.05, 3.63) is 47.7 Å². The molecule has 0 saturated carbocycles. The van der Waals surface area contributed by atoms with Crippen LogP contribution in [0.3, 0.4) is 0 Å². The second-order valence-corrected chi connectivity index (χ2v) is 6.38. The first-order chi connectivity index (χ1) is 15.5. The van der Waals surface area contributed by atoms with Crippen LogP contribution in [0, 0.1) is 0 Å². The number of amides is 1. The number of hydrogen-bond acceptors (Lipinski definition) is 8. The van der Waals surface area contributed by atoms with Gasteiger partial charge in [-0.15, -0.1) is 0 Å². The molecule has 0 spiro atoms. The molecule has 1 amide bonds. The zero-order valence-electron chi connectivity index (χ0n) is 18.4. The standard InChI is InChI=1S/C22H24N4O6/c1-28-17-7-6-13(8-19(17)30-3)15-10-16(25-24-15)22(27)26-23-12-14-9-20(31-4)21(32-5)11-18(14)29-2/h6-12H,1-5H3,(H,24,25)(H,26,27). The molecule has 2 aromatic carbocycles. The molecule has 3 aromatic rings. The summed E-state index contributed by atoms with van der Waals surface area (Å²) >= 11 is 0. The van der Waals surface area contributed by atoms with Crippen LogP contribution in [0.1, 0.15) is 16.1 Å². The highest BCUT2D eigenvalue weighted by Crippen LogP contribution is 2.34. The van der Waals surface area contributed by atoms with Crippen molar-refractivity contribution in [3.63, 3.8) is 0 Å². The Morgan fingerprint density at radius 1 is 0.844 bits per heavy atom. The van der Waals surface area contributed by atoms with Crippen molar-refractivity contribution in [1.29, 1.82) is 0 Å². The Bertz CT molecular complexity index is 1130. The summed E-state index contributed by atoms with van der Waals surface area (Å²) in [6.07, 6.45) is 1.45. The first kappa shape index (κ1) is 22.5. The quantitative estimate of drug-likeness (QED) is 0.388. The summed E-state index contributed by atoms with van der Waals surface area (Å²) in [6.45, 7) is 0. The summed E-state index contributed by atoms with van der Waals surface area (Å²) in [7, 11) is 7.70. The maximum atomic E-state index is 12.5. The summed E-state index contributed by atoms with van der Waals surface area (Å²) in [5, 5.41) is 10.9. The zero-order valence-corrected chi connectivity index (χ0v) is 18.4. The largest absolute Gasteiger partial charge is 0.496 e. The fourth-order valence-electron chi connectivity index (χ4n) is 2.96. The normalized spacial score (nSPS) is 10.7. The van der Waals surface area contributed by atoms with Gasteiger partial charge in [0.25, 0.3) is 5.91 Å². The van der Waals surface area contributed by atoms with Crippen molar-refractivity contribution in [2.45, 2.75) is 0 Å². The minimum atomic E-state index is -0.458. The molecule has 168 valence electrons. The van der Waals surface area contributed by atoms with Crippen LogP contribution in [0.4, 0.5) is 0 Å². The Kier molecular flexibility index (Phi) is 7.17. The van der Waals surface area contributed by atoms with E-state index >= 15 is 0 Å². The van der Waals surface area contributed by atoms with Gasteiger partial charge >= 0.3 is 0 Å².